The third-order valence-corrected chi connectivity index (χ3v) is 4.09. The lowest BCUT2D eigenvalue weighted by Gasteiger charge is -2.23. The Morgan fingerprint density at radius 1 is 1.22 bits per heavy atom. The minimum absolute atomic E-state index is 0.0296. The van der Waals surface area contributed by atoms with E-state index in [1.165, 1.54) is 0 Å². The number of ketones is 1. The zero-order valence-corrected chi connectivity index (χ0v) is 13.2. The van der Waals surface area contributed by atoms with Gasteiger partial charge in [0.2, 0.25) is 5.91 Å². The smallest absolute Gasteiger partial charge is 0.305 e. The lowest BCUT2D eigenvalue weighted by atomic mass is 10.1. The van der Waals surface area contributed by atoms with E-state index in [0.29, 0.717) is 24.3 Å². The Hall–Kier alpha value is -2.37. The molecule has 1 saturated heterocycles. The fraction of sp³-hybridized carbons (Fsp3) is 0.471. The van der Waals surface area contributed by atoms with Gasteiger partial charge < -0.3 is 14.7 Å². The molecule has 1 fully saturated rings. The molecule has 1 aromatic rings. The first-order valence-electron chi connectivity index (χ1n) is 7.69. The van der Waals surface area contributed by atoms with Gasteiger partial charge in [-0.05, 0) is 37.1 Å². The molecule has 6 nitrogen and oxygen atoms in total. The maximum Gasteiger partial charge on any atom is 0.305 e. The number of Topliss-reactive ketones (excluding diaryl/α,β-unsaturated/α-hetero) is 1. The van der Waals surface area contributed by atoms with Crippen molar-refractivity contribution in [2.24, 2.45) is 0 Å². The van der Waals surface area contributed by atoms with Crippen LogP contribution in [0.4, 0.5) is 0 Å². The van der Waals surface area contributed by atoms with Crippen LogP contribution in [0, 0.1) is 0 Å². The SMILES string of the molecule is COc1ccc(C(=O)CCC(=O)N2CCCC2CC(=O)O)cc1. The number of methoxy groups -OCH3 is 1. The van der Waals surface area contributed by atoms with E-state index in [0.717, 1.165) is 6.42 Å². The number of hydrogen-bond acceptors (Lipinski definition) is 4. The molecule has 1 heterocycles. The Kier molecular flexibility index (Phi) is 5.73. The Labute approximate surface area is 135 Å². The fourth-order valence-electron chi connectivity index (χ4n) is 2.86. The highest BCUT2D eigenvalue weighted by Crippen LogP contribution is 2.22. The van der Waals surface area contributed by atoms with E-state index in [9.17, 15) is 14.4 Å². The summed E-state index contributed by atoms with van der Waals surface area (Å²) in [6.07, 6.45) is 1.74. The molecule has 6 heteroatoms. The zero-order chi connectivity index (χ0) is 16.8. The number of rotatable bonds is 7. The average molecular weight is 319 g/mol. The first-order valence-corrected chi connectivity index (χ1v) is 7.69. The van der Waals surface area contributed by atoms with E-state index in [1.54, 1.807) is 36.3 Å². The molecule has 0 radical (unpaired) electrons. The summed E-state index contributed by atoms with van der Waals surface area (Å²) in [7, 11) is 1.55. The molecule has 0 saturated carbocycles. The van der Waals surface area contributed by atoms with Gasteiger partial charge in [-0.25, -0.2) is 0 Å². The minimum Gasteiger partial charge on any atom is -0.497 e. The molecule has 0 aliphatic carbocycles. The second-order valence-electron chi connectivity index (χ2n) is 5.63. The number of likely N-dealkylation sites (tertiary alicyclic amines) is 1. The molecule has 23 heavy (non-hydrogen) atoms. The van der Waals surface area contributed by atoms with Gasteiger partial charge in [-0.15, -0.1) is 0 Å². The van der Waals surface area contributed by atoms with Gasteiger partial charge >= 0.3 is 5.97 Å². The number of nitrogens with zero attached hydrogens (tertiary/aromatic N) is 1. The van der Waals surface area contributed by atoms with Gasteiger partial charge in [0, 0.05) is 31.0 Å². The van der Waals surface area contributed by atoms with Crippen molar-refractivity contribution in [1.29, 1.82) is 0 Å². The van der Waals surface area contributed by atoms with Crippen molar-refractivity contribution in [3.8, 4) is 5.75 Å². The third kappa shape index (κ3) is 4.55. The van der Waals surface area contributed by atoms with Crippen molar-refractivity contribution in [1.82, 2.24) is 4.90 Å². The molecule has 124 valence electrons. The van der Waals surface area contributed by atoms with E-state index in [-0.39, 0.29) is 37.0 Å². The zero-order valence-electron chi connectivity index (χ0n) is 13.2. The van der Waals surface area contributed by atoms with Crippen molar-refractivity contribution < 1.29 is 24.2 Å². The maximum atomic E-state index is 12.2. The summed E-state index contributed by atoms with van der Waals surface area (Å²) in [5.41, 5.74) is 0.544. The first-order chi connectivity index (χ1) is 11.0. The van der Waals surface area contributed by atoms with Crippen LogP contribution in [0.5, 0.6) is 5.75 Å². The number of amides is 1. The summed E-state index contributed by atoms with van der Waals surface area (Å²) < 4.78 is 5.04. The summed E-state index contributed by atoms with van der Waals surface area (Å²) in [6, 6.07) is 6.52. The number of benzene rings is 1. The van der Waals surface area contributed by atoms with Gasteiger partial charge in [0.1, 0.15) is 5.75 Å². The minimum atomic E-state index is -0.899. The van der Waals surface area contributed by atoms with Crippen LogP contribution in [0.3, 0.4) is 0 Å². The second-order valence-corrected chi connectivity index (χ2v) is 5.63. The van der Waals surface area contributed by atoms with Gasteiger partial charge in [-0.2, -0.15) is 0 Å². The van der Waals surface area contributed by atoms with Crippen LogP contribution in [0.1, 0.15) is 42.5 Å². The van der Waals surface area contributed by atoms with Gasteiger partial charge in [0.15, 0.2) is 5.78 Å². The summed E-state index contributed by atoms with van der Waals surface area (Å²) >= 11 is 0. The predicted molar refractivity (Wildman–Crippen MR) is 83.5 cm³/mol. The molecule has 1 aliphatic heterocycles. The predicted octanol–water partition coefficient (Wildman–Crippen LogP) is 2.12. The van der Waals surface area contributed by atoms with E-state index in [4.69, 9.17) is 9.84 Å². The molecule has 1 N–H and O–H groups in total. The molecule has 1 amide bonds. The van der Waals surface area contributed by atoms with Crippen LogP contribution in [0.2, 0.25) is 0 Å². The topological polar surface area (TPSA) is 83.9 Å². The van der Waals surface area contributed by atoms with Crippen molar-refractivity contribution in [3.63, 3.8) is 0 Å². The highest BCUT2D eigenvalue weighted by Gasteiger charge is 2.30. The molecule has 1 aromatic carbocycles. The summed E-state index contributed by atoms with van der Waals surface area (Å²) in [5, 5.41) is 8.88. The quantitative estimate of drug-likeness (QED) is 0.778. The number of ether oxygens (including phenoxy) is 1. The van der Waals surface area contributed by atoms with Gasteiger partial charge in [0.25, 0.3) is 0 Å². The molecule has 0 aromatic heterocycles. The lowest BCUT2D eigenvalue weighted by molar-refractivity contribution is -0.139. The van der Waals surface area contributed by atoms with Gasteiger partial charge in [0.05, 0.1) is 13.5 Å². The maximum absolute atomic E-state index is 12.2. The third-order valence-electron chi connectivity index (χ3n) is 4.09. The van der Waals surface area contributed by atoms with Gasteiger partial charge in [-0.1, -0.05) is 0 Å². The van der Waals surface area contributed by atoms with Crippen LogP contribution >= 0.6 is 0 Å². The van der Waals surface area contributed by atoms with Crippen molar-refractivity contribution in [2.75, 3.05) is 13.7 Å². The molecule has 2 rings (SSSR count). The monoisotopic (exact) mass is 319 g/mol. The van der Waals surface area contributed by atoms with Crippen LogP contribution in [-0.2, 0) is 9.59 Å². The molecule has 0 bridgehead atoms. The summed E-state index contributed by atoms with van der Waals surface area (Å²) in [5.74, 6) is -0.471. The highest BCUT2D eigenvalue weighted by atomic mass is 16.5. The Balaban J connectivity index is 1.87. The molecule has 1 aliphatic rings. The summed E-state index contributed by atoms with van der Waals surface area (Å²) in [6.45, 7) is 0.577. The van der Waals surface area contributed by atoms with E-state index < -0.39 is 5.97 Å². The van der Waals surface area contributed by atoms with Crippen LogP contribution in [0.25, 0.3) is 0 Å². The number of hydrogen-bond donors (Lipinski definition) is 1. The van der Waals surface area contributed by atoms with Crippen molar-refractivity contribution in [2.45, 2.75) is 38.1 Å². The van der Waals surface area contributed by atoms with Crippen molar-refractivity contribution in [3.05, 3.63) is 29.8 Å². The Morgan fingerprint density at radius 3 is 2.52 bits per heavy atom. The average Bonchev–Trinajstić information content (AvgIpc) is 2.99. The lowest BCUT2D eigenvalue weighted by Crippen LogP contribution is -2.36. The molecular formula is C17H21NO5. The number of carbonyl (C=O) groups is 3. The number of carboxylic acids is 1. The van der Waals surface area contributed by atoms with E-state index in [2.05, 4.69) is 0 Å². The molecule has 1 atom stereocenters. The number of aliphatic carboxylic acids is 1. The first kappa shape index (κ1) is 17.0. The Bertz CT molecular complexity index is 581. The standard InChI is InChI=1S/C17H21NO5/c1-23-14-6-4-12(5-7-14)15(19)8-9-16(20)18-10-2-3-13(18)11-17(21)22/h4-7,13H,2-3,8-11H2,1H3,(H,21,22). The number of carboxylic acid groups (broad SMARTS) is 1. The van der Waals surface area contributed by atoms with Gasteiger partial charge in [-0.3, -0.25) is 14.4 Å². The van der Waals surface area contributed by atoms with E-state index in [1.807, 2.05) is 0 Å². The van der Waals surface area contributed by atoms with Crippen LogP contribution in [-0.4, -0.2) is 47.4 Å². The molecule has 0 spiro atoms. The number of carbonyl (C=O) groups excluding carboxylic acids is 2. The Morgan fingerprint density at radius 2 is 1.91 bits per heavy atom. The van der Waals surface area contributed by atoms with Crippen LogP contribution in [0.15, 0.2) is 24.3 Å². The van der Waals surface area contributed by atoms with Crippen LogP contribution < -0.4 is 4.74 Å². The normalized spacial score (nSPS) is 17.1. The fourth-order valence-corrected chi connectivity index (χ4v) is 2.86. The summed E-state index contributed by atoms with van der Waals surface area (Å²) in [4.78, 5) is 36.8. The molecular weight excluding hydrogens is 298 g/mol. The highest BCUT2D eigenvalue weighted by molar-refractivity contribution is 5.98. The van der Waals surface area contributed by atoms with E-state index >= 15 is 0 Å². The van der Waals surface area contributed by atoms with Crippen molar-refractivity contribution >= 4 is 17.7 Å². The largest absolute Gasteiger partial charge is 0.497 e. The molecule has 1 unspecified atom stereocenters. The second kappa shape index (κ2) is 7.76.